The molecule has 0 aliphatic rings. The molecule has 3 nitrogen and oxygen atoms in total. The highest BCUT2D eigenvalue weighted by molar-refractivity contribution is 7.09. The van der Waals surface area contributed by atoms with Crippen LogP contribution in [0.5, 0.6) is 0 Å². The van der Waals surface area contributed by atoms with Crippen molar-refractivity contribution in [1.29, 1.82) is 0 Å². The summed E-state index contributed by atoms with van der Waals surface area (Å²) in [5.41, 5.74) is 0. The van der Waals surface area contributed by atoms with Gasteiger partial charge in [0.05, 0.1) is 6.54 Å². The van der Waals surface area contributed by atoms with Gasteiger partial charge in [0.2, 0.25) is 0 Å². The van der Waals surface area contributed by atoms with E-state index in [2.05, 4.69) is 65.6 Å². The molecule has 4 heteroatoms. The molecular formula is C15H21N3S. The second-order valence-electron chi connectivity index (χ2n) is 4.71. The van der Waals surface area contributed by atoms with Crippen LogP contribution in [0, 0.1) is 0 Å². The smallest absolute Gasteiger partial charge is 0.131 e. The molecule has 0 unspecified atom stereocenters. The first-order chi connectivity index (χ1) is 9.20. The van der Waals surface area contributed by atoms with Crippen molar-refractivity contribution in [1.82, 2.24) is 4.98 Å². The van der Waals surface area contributed by atoms with Crippen LogP contribution < -0.4 is 10.2 Å². The van der Waals surface area contributed by atoms with Crippen molar-refractivity contribution >= 4 is 23.0 Å². The third-order valence-electron chi connectivity index (χ3n) is 2.92. The molecule has 1 N–H and O–H groups in total. The summed E-state index contributed by atoms with van der Waals surface area (Å²) in [6.07, 6.45) is 0. The fourth-order valence-electron chi connectivity index (χ4n) is 1.96. The molecular weight excluding hydrogens is 254 g/mol. The normalized spacial score (nSPS) is 10.7. The van der Waals surface area contributed by atoms with Gasteiger partial charge < -0.3 is 10.2 Å². The monoisotopic (exact) mass is 275 g/mol. The van der Waals surface area contributed by atoms with Crippen molar-refractivity contribution in [3.05, 3.63) is 40.6 Å². The minimum atomic E-state index is 0.423. The lowest BCUT2D eigenvalue weighted by atomic mass is 10.3. The first-order valence-corrected chi connectivity index (χ1v) is 7.58. The number of thiophene rings is 1. The summed E-state index contributed by atoms with van der Waals surface area (Å²) in [5, 5.41) is 5.39. The number of pyridine rings is 1. The number of nitrogens with one attached hydrogen (secondary N) is 1. The molecule has 0 bridgehead atoms. The Labute approximate surface area is 119 Å². The summed E-state index contributed by atoms with van der Waals surface area (Å²) in [6.45, 7) is 8.30. The Morgan fingerprint density at radius 1 is 1.26 bits per heavy atom. The Kier molecular flexibility index (Phi) is 4.80. The van der Waals surface area contributed by atoms with Crippen molar-refractivity contribution in [3.8, 4) is 0 Å². The van der Waals surface area contributed by atoms with Gasteiger partial charge in [-0.3, -0.25) is 0 Å². The van der Waals surface area contributed by atoms with Crippen LogP contribution in [0.3, 0.4) is 0 Å². The van der Waals surface area contributed by atoms with E-state index in [1.54, 1.807) is 11.3 Å². The SMILES string of the molecule is CCNc1cccc(N(Cc2cccs2)C(C)C)n1. The van der Waals surface area contributed by atoms with Gasteiger partial charge in [-0.05, 0) is 44.4 Å². The Hall–Kier alpha value is -1.55. The van der Waals surface area contributed by atoms with Gasteiger partial charge in [0.1, 0.15) is 11.6 Å². The molecule has 2 heterocycles. The summed E-state index contributed by atoms with van der Waals surface area (Å²) < 4.78 is 0. The lowest BCUT2D eigenvalue weighted by Gasteiger charge is -2.27. The largest absolute Gasteiger partial charge is 0.370 e. The number of aromatic nitrogens is 1. The predicted octanol–water partition coefficient (Wildman–Crippen LogP) is 3.99. The molecule has 2 aromatic heterocycles. The summed E-state index contributed by atoms with van der Waals surface area (Å²) in [4.78, 5) is 8.38. The van der Waals surface area contributed by atoms with E-state index >= 15 is 0 Å². The molecule has 19 heavy (non-hydrogen) atoms. The number of anilines is 2. The van der Waals surface area contributed by atoms with Gasteiger partial charge in [0.15, 0.2) is 0 Å². The van der Waals surface area contributed by atoms with E-state index in [1.165, 1.54) is 4.88 Å². The zero-order valence-corrected chi connectivity index (χ0v) is 12.6. The fourth-order valence-corrected chi connectivity index (χ4v) is 2.66. The molecule has 2 aromatic rings. The molecule has 2 rings (SSSR count). The van der Waals surface area contributed by atoms with Gasteiger partial charge in [-0.1, -0.05) is 12.1 Å². The van der Waals surface area contributed by atoms with Crippen molar-refractivity contribution in [2.75, 3.05) is 16.8 Å². The number of hydrogen-bond acceptors (Lipinski definition) is 4. The van der Waals surface area contributed by atoms with E-state index in [9.17, 15) is 0 Å². The number of rotatable bonds is 6. The molecule has 0 aliphatic carbocycles. The average Bonchev–Trinajstić information content (AvgIpc) is 2.89. The molecule has 0 fully saturated rings. The summed E-state index contributed by atoms with van der Waals surface area (Å²) in [5.74, 6) is 1.97. The molecule has 0 aromatic carbocycles. The maximum atomic E-state index is 4.68. The zero-order chi connectivity index (χ0) is 13.7. The maximum Gasteiger partial charge on any atom is 0.131 e. The quantitative estimate of drug-likeness (QED) is 0.864. The topological polar surface area (TPSA) is 28.2 Å². The van der Waals surface area contributed by atoms with E-state index in [1.807, 2.05) is 6.07 Å². The van der Waals surface area contributed by atoms with Crippen molar-refractivity contribution in [2.24, 2.45) is 0 Å². The van der Waals surface area contributed by atoms with Gasteiger partial charge in [-0.25, -0.2) is 4.98 Å². The first kappa shape index (κ1) is 13.9. The Morgan fingerprint density at radius 3 is 2.74 bits per heavy atom. The van der Waals surface area contributed by atoms with E-state index in [4.69, 9.17) is 0 Å². The minimum absolute atomic E-state index is 0.423. The number of nitrogens with zero attached hydrogens (tertiary/aromatic N) is 2. The Balaban J connectivity index is 2.20. The minimum Gasteiger partial charge on any atom is -0.370 e. The summed E-state index contributed by atoms with van der Waals surface area (Å²) >= 11 is 1.79. The van der Waals surface area contributed by atoms with Crippen LogP contribution in [0.2, 0.25) is 0 Å². The lowest BCUT2D eigenvalue weighted by molar-refractivity contribution is 0.677. The van der Waals surface area contributed by atoms with E-state index in [-0.39, 0.29) is 0 Å². The molecule has 0 spiro atoms. The van der Waals surface area contributed by atoms with Crippen LogP contribution >= 0.6 is 11.3 Å². The third-order valence-corrected chi connectivity index (χ3v) is 3.78. The molecule has 0 aliphatic heterocycles. The van der Waals surface area contributed by atoms with Gasteiger partial charge in [-0.2, -0.15) is 0 Å². The van der Waals surface area contributed by atoms with Gasteiger partial charge in [0.25, 0.3) is 0 Å². The van der Waals surface area contributed by atoms with E-state index in [0.29, 0.717) is 6.04 Å². The molecule has 102 valence electrons. The first-order valence-electron chi connectivity index (χ1n) is 6.70. The number of hydrogen-bond donors (Lipinski definition) is 1. The standard InChI is InChI=1S/C15H21N3S/c1-4-16-14-8-5-9-15(17-14)18(12(2)3)11-13-7-6-10-19-13/h5-10,12H,4,11H2,1-3H3,(H,16,17). The highest BCUT2D eigenvalue weighted by atomic mass is 32.1. The van der Waals surface area contributed by atoms with Crippen LogP contribution in [-0.2, 0) is 6.54 Å². The van der Waals surface area contributed by atoms with Crippen LogP contribution in [0.25, 0.3) is 0 Å². The Bertz CT molecular complexity index is 494. The van der Waals surface area contributed by atoms with Gasteiger partial charge in [-0.15, -0.1) is 11.3 Å². The molecule has 0 amide bonds. The van der Waals surface area contributed by atoms with Crippen LogP contribution in [0.1, 0.15) is 25.6 Å². The van der Waals surface area contributed by atoms with Gasteiger partial charge >= 0.3 is 0 Å². The molecule has 0 saturated carbocycles. The average molecular weight is 275 g/mol. The zero-order valence-electron chi connectivity index (χ0n) is 11.8. The van der Waals surface area contributed by atoms with Crippen molar-refractivity contribution in [3.63, 3.8) is 0 Å². The van der Waals surface area contributed by atoms with Crippen molar-refractivity contribution in [2.45, 2.75) is 33.4 Å². The third kappa shape index (κ3) is 3.70. The van der Waals surface area contributed by atoms with Crippen LogP contribution in [0.4, 0.5) is 11.6 Å². The van der Waals surface area contributed by atoms with Crippen LogP contribution in [0.15, 0.2) is 35.7 Å². The second-order valence-corrected chi connectivity index (χ2v) is 5.74. The lowest BCUT2D eigenvalue weighted by Crippen LogP contribution is -2.30. The fraction of sp³-hybridized carbons (Fsp3) is 0.400. The van der Waals surface area contributed by atoms with E-state index in [0.717, 1.165) is 24.7 Å². The van der Waals surface area contributed by atoms with Gasteiger partial charge in [0, 0.05) is 17.5 Å². The molecule has 0 saturated heterocycles. The maximum absolute atomic E-state index is 4.68. The summed E-state index contributed by atoms with van der Waals surface area (Å²) in [6, 6.07) is 10.8. The van der Waals surface area contributed by atoms with Crippen LogP contribution in [-0.4, -0.2) is 17.6 Å². The predicted molar refractivity (Wildman–Crippen MR) is 84.0 cm³/mol. The Morgan fingerprint density at radius 2 is 2.11 bits per heavy atom. The second kappa shape index (κ2) is 6.57. The summed E-state index contributed by atoms with van der Waals surface area (Å²) in [7, 11) is 0. The van der Waals surface area contributed by atoms with E-state index < -0.39 is 0 Å². The highest BCUT2D eigenvalue weighted by Crippen LogP contribution is 2.21. The molecule has 0 radical (unpaired) electrons. The van der Waals surface area contributed by atoms with Crippen molar-refractivity contribution < 1.29 is 0 Å². The molecule has 0 atom stereocenters. The highest BCUT2D eigenvalue weighted by Gasteiger charge is 2.13.